The van der Waals surface area contributed by atoms with Crippen molar-refractivity contribution in [3.05, 3.63) is 29.8 Å². The molecule has 0 atom stereocenters. The fraction of sp³-hybridized carbons (Fsp3) is 0.364. The van der Waals surface area contributed by atoms with Gasteiger partial charge in [-0.3, -0.25) is 9.35 Å². The van der Waals surface area contributed by atoms with Gasteiger partial charge in [0.1, 0.15) is 4.90 Å². The summed E-state index contributed by atoms with van der Waals surface area (Å²) in [7, 11) is -4.37. The number of carbonyl (C=O) groups excluding carboxylic acids is 1. The van der Waals surface area contributed by atoms with Gasteiger partial charge in [-0.25, -0.2) is 0 Å². The molecule has 17 heavy (non-hydrogen) atoms. The van der Waals surface area contributed by atoms with E-state index in [1.807, 2.05) is 6.92 Å². The third-order valence-electron chi connectivity index (χ3n) is 2.23. The molecule has 0 aliphatic heterocycles. The van der Waals surface area contributed by atoms with Crippen molar-refractivity contribution in [3.63, 3.8) is 0 Å². The first-order chi connectivity index (χ1) is 7.96. The standard InChI is InChI=1S/C11H15NO4S/c1-2-3-8-12-11(13)9-6-4-5-7-10(9)17(14,15)16/h4-7H,2-3,8H2,1H3,(H,12,13)(H,14,15,16). The lowest BCUT2D eigenvalue weighted by Crippen LogP contribution is -2.26. The fourth-order valence-electron chi connectivity index (χ4n) is 1.35. The molecule has 0 radical (unpaired) electrons. The monoisotopic (exact) mass is 257 g/mol. The molecule has 0 aliphatic rings. The van der Waals surface area contributed by atoms with E-state index >= 15 is 0 Å². The summed E-state index contributed by atoms with van der Waals surface area (Å²) in [6, 6.07) is 5.56. The Bertz CT molecular complexity index is 496. The first-order valence-corrected chi connectivity index (χ1v) is 6.75. The van der Waals surface area contributed by atoms with Crippen molar-refractivity contribution in [1.29, 1.82) is 0 Å². The summed E-state index contributed by atoms with van der Waals surface area (Å²) >= 11 is 0. The number of benzene rings is 1. The number of nitrogens with one attached hydrogen (secondary N) is 1. The zero-order valence-corrected chi connectivity index (χ0v) is 10.3. The molecule has 0 saturated carbocycles. The van der Waals surface area contributed by atoms with Gasteiger partial charge >= 0.3 is 0 Å². The van der Waals surface area contributed by atoms with Crippen molar-refractivity contribution in [2.45, 2.75) is 24.7 Å². The quantitative estimate of drug-likeness (QED) is 0.618. The Kier molecular flexibility index (Phi) is 4.65. The third-order valence-corrected chi connectivity index (χ3v) is 3.14. The second-order valence-electron chi connectivity index (χ2n) is 3.58. The van der Waals surface area contributed by atoms with Crippen molar-refractivity contribution in [1.82, 2.24) is 5.32 Å². The Morgan fingerprint density at radius 3 is 2.59 bits per heavy atom. The smallest absolute Gasteiger partial charge is 0.295 e. The average molecular weight is 257 g/mol. The largest absolute Gasteiger partial charge is 0.352 e. The van der Waals surface area contributed by atoms with E-state index in [9.17, 15) is 13.2 Å². The highest BCUT2D eigenvalue weighted by molar-refractivity contribution is 7.86. The van der Waals surface area contributed by atoms with Gasteiger partial charge in [0.05, 0.1) is 5.56 Å². The summed E-state index contributed by atoms with van der Waals surface area (Å²) in [4.78, 5) is 11.3. The van der Waals surface area contributed by atoms with Gasteiger partial charge in [0.15, 0.2) is 0 Å². The molecule has 0 heterocycles. The van der Waals surface area contributed by atoms with Gasteiger partial charge in [-0.1, -0.05) is 25.5 Å². The van der Waals surface area contributed by atoms with E-state index in [4.69, 9.17) is 4.55 Å². The van der Waals surface area contributed by atoms with Crippen molar-refractivity contribution >= 4 is 16.0 Å². The molecule has 94 valence electrons. The van der Waals surface area contributed by atoms with E-state index < -0.39 is 16.0 Å². The van der Waals surface area contributed by atoms with Crippen LogP contribution in [0.15, 0.2) is 29.2 Å². The average Bonchev–Trinajstić information content (AvgIpc) is 2.28. The molecule has 0 unspecified atom stereocenters. The Hall–Kier alpha value is -1.40. The molecule has 0 aromatic heterocycles. The summed E-state index contributed by atoms with van der Waals surface area (Å²) in [6.07, 6.45) is 1.75. The molecule has 5 nitrogen and oxygen atoms in total. The number of carbonyl (C=O) groups is 1. The number of hydrogen-bond acceptors (Lipinski definition) is 3. The van der Waals surface area contributed by atoms with Crippen LogP contribution in [0.2, 0.25) is 0 Å². The molecule has 1 amide bonds. The molecular formula is C11H15NO4S. The zero-order chi connectivity index (χ0) is 12.9. The van der Waals surface area contributed by atoms with Crippen LogP contribution < -0.4 is 5.32 Å². The molecule has 2 N–H and O–H groups in total. The lowest BCUT2D eigenvalue weighted by Gasteiger charge is -2.07. The van der Waals surface area contributed by atoms with E-state index in [2.05, 4.69) is 5.32 Å². The molecule has 1 aromatic carbocycles. The first kappa shape index (κ1) is 13.7. The minimum absolute atomic E-state index is 0.0360. The first-order valence-electron chi connectivity index (χ1n) is 5.31. The summed E-state index contributed by atoms with van der Waals surface area (Å²) in [5.41, 5.74) is -0.0360. The maximum absolute atomic E-state index is 11.7. The second kappa shape index (κ2) is 5.79. The predicted octanol–water partition coefficient (Wildman–Crippen LogP) is 1.46. The van der Waals surface area contributed by atoms with Gasteiger partial charge in [-0.05, 0) is 18.6 Å². The Morgan fingerprint density at radius 1 is 1.35 bits per heavy atom. The van der Waals surface area contributed by atoms with Gasteiger partial charge < -0.3 is 5.32 Å². The van der Waals surface area contributed by atoms with Crippen molar-refractivity contribution in [2.75, 3.05) is 6.54 Å². The normalized spacial score (nSPS) is 11.2. The molecule has 0 saturated heterocycles. The van der Waals surface area contributed by atoms with E-state index in [0.717, 1.165) is 12.8 Å². The second-order valence-corrected chi connectivity index (χ2v) is 4.97. The molecule has 1 aromatic rings. The summed E-state index contributed by atoms with van der Waals surface area (Å²) in [6.45, 7) is 2.47. The number of hydrogen-bond donors (Lipinski definition) is 2. The zero-order valence-electron chi connectivity index (χ0n) is 9.51. The van der Waals surface area contributed by atoms with E-state index in [0.29, 0.717) is 6.54 Å². The van der Waals surface area contributed by atoms with E-state index in [1.165, 1.54) is 18.2 Å². The third kappa shape index (κ3) is 3.83. The molecule has 1 rings (SSSR count). The molecule has 0 aliphatic carbocycles. The van der Waals surface area contributed by atoms with Gasteiger partial charge in [0.2, 0.25) is 0 Å². The Balaban J connectivity index is 2.94. The van der Waals surface area contributed by atoms with Crippen LogP contribution in [-0.2, 0) is 10.1 Å². The van der Waals surface area contributed by atoms with Crippen LogP contribution in [0, 0.1) is 0 Å². The Labute approximate surface area is 101 Å². The van der Waals surface area contributed by atoms with Gasteiger partial charge in [0, 0.05) is 6.54 Å². The maximum Gasteiger partial charge on any atom is 0.295 e. The van der Waals surface area contributed by atoms with Crippen LogP contribution in [0.25, 0.3) is 0 Å². The van der Waals surface area contributed by atoms with Crippen LogP contribution in [0.1, 0.15) is 30.1 Å². The lowest BCUT2D eigenvalue weighted by atomic mass is 10.2. The highest BCUT2D eigenvalue weighted by Crippen LogP contribution is 2.14. The maximum atomic E-state index is 11.7. The summed E-state index contributed by atoms with van der Waals surface area (Å²) < 4.78 is 31.1. The van der Waals surface area contributed by atoms with Crippen LogP contribution >= 0.6 is 0 Å². The topological polar surface area (TPSA) is 83.5 Å². The van der Waals surface area contributed by atoms with Crippen molar-refractivity contribution in [3.8, 4) is 0 Å². The van der Waals surface area contributed by atoms with Crippen LogP contribution in [-0.4, -0.2) is 25.4 Å². The minimum atomic E-state index is -4.37. The predicted molar refractivity (Wildman–Crippen MR) is 63.5 cm³/mol. The SMILES string of the molecule is CCCCNC(=O)c1ccccc1S(=O)(=O)O. The van der Waals surface area contributed by atoms with Gasteiger partial charge in [0.25, 0.3) is 16.0 Å². The molecule has 0 fully saturated rings. The van der Waals surface area contributed by atoms with E-state index in [-0.39, 0.29) is 10.5 Å². The molecule has 0 bridgehead atoms. The van der Waals surface area contributed by atoms with E-state index in [1.54, 1.807) is 6.07 Å². The fourth-order valence-corrected chi connectivity index (χ4v) is 2.04. The highest BCUT2D eigenvalue weighted by Gasteiger charge is 2.19. The minimum Gasteiger partial charge on any atom is -0.352 e. The number of amides is 1. The van der Waals surface area contributed by atoms with Gasteiger partial charge in [-0.15, -0.1) is 0 Å². The molecular weight excluding hydrogens is 242 g/mol. The van der Waals surface area contributed by atoms with Crippen LogP contribution in [0.4, 0.5) is 0 Å². The molecule has 6 heteroatoms. The Morgan fingerprint density at radius 2 is 2.00 bits per heavy atom. The van der Waals surface area contributed by atoms with Gasteiger partial charge in [-0.2, -0.15) is 8.42 Å². The number of rotatable bonds is 5. The van der Waals surface area contributed by atoms with Crippen molar-refractivity contribution in [2.24, 2.45) is 0 Å². The lowest BCUT2D eigenvalue weighted by molar-refractivity contribution is 0.0949. The summed E-state index contributed by atoms with van der Waals surface area (Å²) in [5, 5.41) is 2.60. The van der Waals surface area contributed by atoms with Crippen LogP contribution in [0.3, 0.4) is 0 Å². The van der Waals surface area contributed by atoms with Crippen molar-refractivity contribution < 1.29 is 17.8 Å². The highest BCUT2D eigenvalue weighted by atomic mass is 32.2. The van der Waals surface area contributed by atoms with Crippen LogP contribution in [0.5, 0.6) is 0 Å². The summed E-state index contributed by atoms with van der Waals surface area (Å²) in [5.74, 6) is -0.494. The molecule has 0 spiro atoms. The number of unbranched alkanes of at least 4 members (excludes halogenated alkanes) is 1.